The fourth-order valence-corrected chi connectivity index (χ4v) is 7.26. The van der Waals surface area contributed by atoms with E-state index in [1.165, 1.54) is 26.6 Å². The molecule has 0 N–H and O–H groups in total. The molecule has 30 heavy (non-hydrogen) atoms. The predicted molar refractivity (Wildman–Crippen MR) is 131 cm³/mol. The lowest BCUT2D eigenvalue weighted by molar-refractivity contribution is 0.457. The van der Waals surface area contributed by atoms with Gasteiger partial charge >= 0.3 is 17.1 Å². The molecular weight excluding hydrogens is 410 g/mol. The Hall–Kier alpha value is -1.94. The largest absolute Gasteiger partial charge is 0.336 e. The average Bonchev–Trinajstić information content (AvgIpc) is 2.68. The maximum absolute atomic E-state index is 12.8. The van der Waals surface area contributed by atoms with Gasteiger partial charge in [0.25, 0.3) is 0 Å². The molecule has 0 aliphatic heterocycles. The maximum atomic E-state index is 12.8. The molecule has 2 aromatic rings. The molecule has 0 bridgehead atoms. The molecule has 2 rings (SSSR count). The molecule has 1 heterocycles. The van der Waals surface area contributed by atoms with Crippen LogP contribution in [0.25, 0.3) is 0 Å². The molecule has 6 nitrogen and oxygen atoms in total. The zero-order chi connectivity index (χ0) is 22.7. The maximum Gasteiger partial charge on any atom is 0.336 e. The Kier molecular flexibility index (Phi) is 7.68. The van der Waals surface area contributed by atoms with Crippen molar-refractivity contribution in [3.63, 3.8) is 0 Å². The van der Waals surface area contributed by atoms with Crippen molar-refractivity contribution in [2.45, 2.75) is 78.1 Å². The second-order valence-electron chi connectivity index (χ2n) is 9.88. The first-order chi connectivity index (χ1) is 13.9. The first-order valence-electron chi connectivity index (χ1n) is 10.9. The summed E-state index contributed by atoms with van der Waals surface area (Å²) in [6.45, 7) is 14.4. The lowest BCUT2D eigenvalue weighted by atomic mass is 10.3. The van der Waals surface area contributed by atoms with Crippen LogP contribution in [0.4, 0.5) is 0 Å². The number of aromatic nitrogens is 3. The summed E-state index contributed by atoms with van der Waals surface area (Å²) in [6, 6.07) is 10.1. The Morgan fingerprint density at radius 1 is 0.733 bits per heavy atom. The smallest absolute Gasteiger partial charge is 0.248 e. The molecule has 0 aliphatic carbocycles. The van der Waals surface area contributed by atoms with E-state index in [1.54, 1.807) is 0 Å². The Balaban J connectivity index is 2.19. The van der Waals surface area contributed by atoms with Crippen LogP contribution < -0.4 is 27.4 Å². The van der Waals surface area contributed by atoms with Gasteiger partial charge in [-0.05, 0) is 12.8 Å². The molecular formula is C22H37N3O3Si2. The molecule has 0 unspecified atom stereocenters. The first-order valence-corrected chi connectivity index (χ1v) is 17.6. The van der Waals surface area contributed by atoms with Crippen LogP contribution >= 0.6 is 0 Å². The molecule has 0 saturated carbocycles. The van der Waals surface area contributed by atoms with Gasteiger partial charge in [-0.2, -0.15) is 0 Å². The van der Waals surface area contributed by atoms with Crippen LogP contribution in [-0.2, 0) is 20.1 Å². The van der Waals surface area contributed by atoms with Crippen molar-refractivity contribution in [2.75, 3.05) is 0 Å². The summed E-state index contributed by atoms with van der Waals surface area (Å²) >= 11 is 0. The van der Waals surface area contributed by atoms with Crippen molar-refractivity contribution >= 4 is 26.5 Å². The summed E-state index contributed by atoms with van der Waals surface area (Å²) in [6.07, 6.45) is 2.36. The van der Waals surface area contributed by atoms with Crippen LogP contribution in [0, 0.1) is 0 Å². The van der Waals surface area contributed by atoms with Gasteiger partial charge in [-0.15, -0.1) is 0 Å². The molecule has 0 saturated heterocycles. The van der Waals surface area contributed by atoms with Gasteiger partial charge in [-0.3, -0.25) is 0 Å². The van der Waals surface area contributed by atoms with Crippen LogP contribution in [0.15, 0.2) is 38.6 Å². The summed E-state index contributed by atoms with van der Waals surface area (Å²) in [5, 5.41) is 2.86. The van der Waals surface area contributed by atoms with E-state index in [9.17, 15) is 14.4 Å². The minimum absolute atomic E-state index is 0.349. The van der Waals surface area contributed by atoms with Gasteiger partial charge in [-0.25, -0.2) is 28.1 Å². The summed E-state index contributed by atoms with van der Waals surface area (Å²) in [7, 11) is -1.55. The molecule has 0 spiro atoms. The zero-order valence-electron chi connectivity index (χ0n) is 19.6. The van der Waals surface area contributed by atoms with Gasteiger partial charge < -0.3 is 0 Å². The van der Waals surface area contributed by atoms with Crippen molar-refractivity contribution in [1.82, 2.24) is 13.7 Å². The Bertz CT molecular complexity index is 1040. The lowest BCUT2D eigenvalue weighted by Gasteiger charge is -2.25. The molecule has 166 valence electrons. The monoisotopic (exact) mass is 447 g/mol. The van der Waals surface area contributed by atoms with E-state index in [0.717, 1.165) is 29.9 Å². The molecule has 0 radical (unpaired) electrons. The molecule has 0 aliphatic rings. The average molecular weight is 448 g/mol. The molecule has 0 amide bonds. The van der Waals surface area contributed by atoms with Crippen LogP contribution in [-0.4, -0.2) is 29.8 Å². The van der Waals surface area contributed by atoms with E-state index in [1.807, 2.05) is 6.92 Å². The summed E-state index contributed by atoms with van der Waals surface area (Å²) < 4.78 is 3.48. The van der Waals surface area contributed by atoms with Crippen molar-refractivity contribution in [3.05, 3.63) is 55.7 Å². The van der Waals surface area contributed by atoms with E-state index in [2.05, 4.69) is 57.0 Å². The Morgan fingerprint density at radius 2 is 1.20 bits per heavy atom. The van der Waals surface area contributed by atoms with E-state index in [-0.39, 0.29) is 0 Å². The number of hydrogen-bond acceptors (Lipinski definition) is 3. The highest BCUT2D eigenvalue weighted by Gasteiger charge is 2.24. The number of nitrogens with zero attached hydrogens (tertiary/aromatic N) is 3. The number of rotatable bonds is 9. The SMILES string of the molecule is CCCCn1c(=O)n(C)c(=O)n(CCC[Si](C)(C)c2ccc([Si](C)(C)C)cc2)c1=O. The minimum atomic E-state index is -1.69. The van der Waals surface area contributed by atoms with Crippen molar-refractivity contribution in [2.24, 2.45) is 7.05 Å². The summed E-state index contributed by atoms with van der Waals surface area (Å²) in [5.74, 6) is 0. The van der Waals surface area contributed by atoms with Gasteiger partial charge in [0.05, 0.1) is 16.1 Å². The first kappa shape index (κ1) is 24.3. The predicted octanol–water partition coefficient (Wildman–Crippen LogP) is 2.06. The highest BCUT2D eigenvalue weighted by Crippen LogP contribution is 2.13. The molecule has 0 fully saturated rings. The number of benzene rings is 1. The third-order valence-electron chi connectivity index (χ3n) is 5.95. The number of hydrogen-bond donors (Lipinski definition) is 0. The second-order valence-corrected chi connectivity index (χ2v) is 19.8. The van der Waals surface area contributed by atoms with Crippen molar-refractivity contribution in [3.8, 4) is 0 Å². The van der Waals surface area contributed by atoms with Gasteiger partial charge in [0.1, 0.15) is 0 Å². The van der Waals surface area contributed by atoms with Gasteiger partial charge in [0.15, 0.2) is 0 Å². The highest BCUT2D eigenvalue weighted by molar-refractivity contribution is 6.90. The van der Waals surface area contributed by atoms with Crippen LogP contribution in [0.5, 0.6) is 0 Å². The molecule has 1 aromatic carbocycles. The van der Waals surface area contributed by atoms with E-state index in [0.29, 0.717) is 13.1 Å². The third kappa shape index (κ3) is 5.40. The fraction of sp³-hybridized carbons (Fsp3) is 0.591. The second kappa shape index (κ2) is 9.47. The molecule has 0 atom stereocenters. The number of unbranched alkanes of at least 4 members (excludes halogenated alkanes) is 1. The standard InChI is InChI=1S/C22H37N3O3Si2/c1-8-9-15-24-20(26)23(2)21(27)25(22(24)28)16-10-17-30(6,7)19-13-11-18(12-14-19)29(3,4)5/h11-14H,8-10,15-17H2,1-7H3. The summed E-state index contributed by atoms with van der Waals surface area (Å²) in [4.78, 5) is 37.6. The zero-order valence-corrected chi connectivity index (χ0v) is 21.6. The molecule has 1 aromatic heterocycles. The fourth-order valence-electron chi connectivity index (χ4n) is 3.70. The Labute approximate surface area is 181 Å². The van der Waals surface area contributed by atoms with Gasteiger partial charge in [0.2, 0.25) is 0 Å². The van der Waals surface area contributed by atoms with Gasteiger partial charge in [0, 0.05) is 20.1 Å². The topological polar surface area (TPSA) is 66.0 Å². The highest BCUT2D eigenvalue weighted by atomic mass is 28.3. The lowest BCUT2D eigenvalue weighted by Crippen LogP contribution is -2.53. The summed E-state index contributed by atoms with van der Waals surface area (Å²) in [5.41, 5.74) is -1.51. The van der Waals surface area contributed by atoms with E-state index in [4.69, 9.17) is 0 Å². The van der Waals surface area contributed by atoms with Crippen molar-refractivity contribution in [1.29, 1.82) is 0 Å². The normalized spacial score (nSPS) is 12.4. The van der Waals surface area contributed by atoms with Crippen molar-refractivity contribution < 1.29 is 0 Å². The Morgan fingerprint density at radius 3 is 1.67 bits per heavy atom. The third-order valence-corrected chi connectivity index (χ3v) is 11.5. The quantitative estimate of drug-likeness (QED) is 0.553. The molecule has 8 heteroatoms. The van der Waals surface area contributed by atoms with Crippen LogP contribution in [0.1, 0.15) is 26.2 Å². The minimum Gasteiger partial charge on any atom is -0.248 e. The van der Waals surface area contributed by atoms with Gasteiger partial charge in [-0.1, -0.05) is 86.8 Å². The van der Waals surface area contributed by atoms with Crippen LogP contribution in [0.3, 0.4) is 0 Å². The van der Waals surface area contributed by atoms with Crippen LogP contribution in [0.2, 0.25) is 38.8 Å². The van der Waals surface area contributed by atoms with E-state index < -0.39 is 33.2 Å². The van der Waals surface area contributed by atoms with E-state index >= 15 is 0 Å².